The van der Waals surface area contributed by atoms with Crippen LogP contribution < -0.4 is 0 Å². The van der Waals surface area contributed by atoms with Crippen LogP contribution in [0.2, 0.25) is 0 Å². The number of para-hydroxylation sites is 1. The second kappa shape index (κ2) is 5.54. The van der Waals surface area contributed by atoms with E-state index in [4.69, 9.17) is 0 Å². The molecule has 1 aromatic heterocycles. The first-order valence-corrected chi connectivity index (χ1v) is 7.67. The maximum Gasteiger partial charge on any atom is 0.336 e. The molecule has 0 aliphatic rings. The predicted octanol–water partition coefficient (Wildman–Crippen LogP) is 4.98. The van der Waals surface area contributed by atoms with Crippen molar-refractivity contribution in [1.82, 2.24) is 4.98 Å². The van der Waals surface area contributed by atoms with E-state index in [0.29, 0.717) is 16.6 Å². The summed E-state index contributed by atoms with van der Waals surface area (Å²) in [6.45, 7) is 4.01. The predicted molar refractivity (Wildman–Crippen MR) is 91.3 cm³/mol. The molecule has 0 saturated heterocycles. The number of hydrogen-bond donors (Lipinski definition) is 1. The molecule has 0 fully saturated rings. The van der Waals surface area contributed by atoms with E-state index in [1.165, 1.54) is 0 Å². The van der Waals surface area contributed by atoms with Gasteiger partial charge in [-0.1, -0.05) is 29.8 Å². The fraction of sp³-hybridized carbons (Fsp3) is 0.111. The SMILES string of the molecule is Cc1ccc(C)c(-c2cc(C(=O)O)c3cccc(Br)c3n2)c1. The quantitative estimate of drug-likeness (QED) is 0.705. The average molecular weight is 356 g/mol. The summed E-state index contributed by atoms with van der Waals surface area (Å²) in [7, 11) is 0. The summed E-state index contributed by atoms with van der Waals surface area (Å²) in [4.78, 5) is 16.3. The largest absolute Gasteiger partial charge is 0.478 e. The minimum Gasteiger partial charge on any atom is -0.478 e. The number of carboxylic acid groups (broad SMARTS) is 1. The molecular formula is C18H14BrNO2. The van der Waals surface area contributed by atoms with E-state index in [2.05, 4.69) is 20.9 Å². The number of aromatic nitrogens is 1. The lowest BCUT2D eigenvalue weighted by Gasteiger charge is -2.11. The Bertz CT molecular complexity index is 903. The Morgan fingerprint density at radius 1 is 1.14 bits per heavy atom. The lowest BCUT2D eigenvalue weighted by atomic mass is 9.99. The zero-order valence-corrected chi connectivity index (χ0v) is 13.8. The van der Waals surface area contributed by atoms with Gasteiger partial charge < -0.3 is 5.11 Å². The number of rotatable bonds is 2. The highest BCUT2D eigenvalue weighted by molar-refractivity contribution is 9.10. The van der Waals surface area contributed by atoms with Gasteiger partial charge >= 0.3 is 5.97 Å². The van der Waals surface area contributed by atoms with Crippen molar-refractivity contribution < 1.29 is 9.90 Å². The fourth-order valence-electron chi connectivity index (χ4n) is 2.54. The molecule has 0 aliphatic heterocycles. The van der Waals surface area contributed by atoms with Crippen molar-refractivity contribution in [1.29, 1.82) is 0 Å². The van der Waals surface area contributed by atoms with Gasteiger partial charge in [0.15, 0.2) is 0 Å². The van der Waals surface area contributed by atoms with Gasteiger partial charge in [-0.2, -0.15) is 0 Å². The number of aryl methyl sites for hydroxylation is 2. The summed E-state index contributed by atoms with van der Waals surface area (Å²) in [6.07, 6.45) is 0. The lowest BCUT2D eigenvalue weighted by Crippen LogP contribution is -2.01. The summed E-state index contributed by atoms with van der Waals surface area (Å²) >= 11 is 3.46. The molecule has 1 heterocycles. The molecule has 0 unspecified atom stereocenters. The zero-order valence-electron chi connectivity index (χ0n) is 12.2. The second-order valence-corrected chi connectivity index (χ2v) is 6.17. The number of hydrogen-bond acceptors (Lipinski definition) is 2. The number of aromatic carboxylic acids is 1. The fourth-order valence-corrected chi connectivity index (χ4v) is 3.00. The normalized spacial score (nSPS) is 10.9. The van der Waals surface area contributed by atoms with E-state index in [1.54, 1.807) is 12.1 Å². The van der Waals surface area contributed by atoms with Crippen LogP contribution in [0.3, 0.4) is 0 Å². The van der Waals surface area contributed by atoms with Crippen LogP contribution >= 0.6 is 15.9 Å². The topological polar surface area (TPSA) is 50.2 Å². The van der Waals surface area contributed by atoms with E-state index >= 15 is 0 Å². The monoisotopic (exact) mass is 355 g/mol. The van der Waals surface area contributed by atoms with Gasteiger partial charge in [0, 0.05) is 15.4 Å². The van der Waals surface area contributed by atoms with Gasteiger partial charge in [0.25, 0.3) is 0 Å². The molecule has 3 rings (SSSR count). The minimum atomic E-state index is -0.947. The highest BCUT2D eigenvalue weighted by Gasteiger charge is 2.15. The average Bonchev–Trinajstić information content (AvgIpc) is 2.49. The zero-order chi connectivity index (χ0) is 15.9. The molecule has 110 valence electrons. The Hall–Kier alpha value is -2.20. The molecule has 0 amide bonds. The van der Waals surface area contributed by atoms with Crippen LogP contribution in [-0.4, -0.2) is 16.1 Å². The standard InChI is InChI=1S/C18H14BrNO2/c1-10-6-7-11(2)13(8-10)16-9-14(18(21)22)12-4-3-5-15(19)17(12)20-16/h3-9H,1-2H3,(H,21,22). The third-order valence-electron chi connectivity index (χ3n) is 3.69. The van der Waals surface area contributed by atoms with Gasteiger partial charge in [-0.3, -0.25) is 0 Å². The molecule has 22 heavy (non-hydrogen) atoms. The number of benzene rings is 2. The van der Waals surface area contributed by atoms with Crippen molar-refractivity contribution in [2.75, 3.05) is 0 Å². The van der Waals surface area contributed by atoms with Crippen molar-refractivity contribution in [2.24, 2.45) is 0 Å². The van der Waals surface area contributed by atoms with Crippen LogP contribution in [-0.2, 0) is 0 Å². The summed E-state index contributed by atoms with van der Waals surface area (Å²) in [6, 6.07) is 13.2. The first-order valence-electron chi connectivity index (χ1n) is 6.87. The number of carboxylic acids is 1. The van der Waals surface area contributed by atoms with Gasteiger partial charge in [0.2, 0.25) is 0 Å². The molecule has 2 aromatic carbocycles. The van der Waals surface area contributed by atoms with Crippen LogP contribution in [0.4, 0.5) is 0 Å². The smallest absolute Gasteiger partial charge is 0.336 e. The van der Waals surface area contributed by atoms with Crippen molar-refractivity contribution in [3.8, 4) is 11.3 Å². The van der Waals surface area contributed by atoms with Crippen LogP contribution in [0.15, 0.2) is 46.9 Å². The molecule has 3 aromatic rings. The lowest BCUT2D eigenvalue weighted by molar-refractivity contribution is 0.0699. The first kappa shape index (κ1) is 14.7. The number of halogens is 1. The molecule has 0 bridgehead atoms. The van der Waals surface area contributed by atoms with Crippen LogP contribution in [0.5, 0.6) is 0 Å². The molecule has 0 radical (unpaired) electrons. The summed E-state index contributed by atoms with van der Waals surface area (Å²) in [5, 5.41) is 10.2. The number of pyridine rings is 1. The van der Waals surface area contributed by atoms with Gasteiger partial charge in [-0.05, 0) is 53.5 Å². The van der Waals surface area contributed by atoms with E-state index in [1.807, 2.05) is 44.2 Å². The Morgan fingerprint density at radius 2 is 1.91 bits per heavy atom. The Kier molecular flexibility index (Phi) is 3.71. The van der Waals surface area contributed by atoms with Crippen LogP contribution in [0.25, 0.3) is 22.2 Å². The van der Waals surface area contributed by atoms with E-state index in [0.717, 1.165) is 21.2 Å². The third kappa shape index (κ3) is 2.50. The summed E-state index contributed by atoms with van der Waals surface area (Å²) in [5.41, 5.74) is 4.76. The van der Waals surface area contributed by atoms with E-state index in [9.17, 15) is 9.90 Å². The molecule has 1 N–H and O–H groups in total. The number of carbonyl (C=O) groups is 1. The van der Waals surface area contributed by atoms with Crippen molar-refractivity contribution in [3.05, 3.63) is 63.6 Å². The molecule has 3 nitrogen and oxygen atoms in total. The maximum absolute atomic E-state index is 11.6. The molecule has 0 spiro atoms. The highest BCUT2D eigenvalue weighted by Crippen LogP contribution is 2.31. The second-order valence-electron chi connectivity index (χ2n) is 5.31. The molecular weight excluding hydrogens is 342 g/mol. The summed E-state index contributed by atoms with van der Waals surface area (Å²) in [5.74, 6) is -0.947. The van der Waals surface area contributed by atoms with Crippen molar-refractivity contribution >= 4 is 32.8 Å². The first-order chi connectivity index (χ1) is 10.5. The highest BCUT2D eigenvalue weighted by atomic mass is 79.9. The number of nitrogens with zero attached hydrogens (tertiary/aromatic N) is 1. The van der Waals surface area contributed by atoms with Gasteiger partial charge in [0.1, 0.15) is 0 Å². The molecule has 0 atom stereocenters. The Labute approximate surface area is 136 Å². The Balaban J connectivity index is 2.38. The van der Waals surface area contributed by atoms with Crippen LogP contribution in [0, 0.1) is 13.8 Å². The molecule has 4 heteroatoms. The molecule has 0 saturated carbocycles. The van der Waals surface area contributed by atoms with E-state index < -0.39 is 5.97 Å². The molecule has 0 aliphatic carbocycles. The Morgan fingerprint density at radius 3 is 2.64 bits per heavy atom. The maximum atomic E-state index is 11.6. The van der Waals surface area contributed by atoms with Gasteiger partial charge in [0.05, 0.1) is 16.8 Å². The third-order valence-corrected chi connectivity index (χ3v) is 4.33. The van der Waals surface area contributed by atoms with Crippen LogP contribution in [0.1, 0.15) is 21.5 Å². The summed E-state index contributed by atoms with van der Waals surface area (Å²) < 4.78 is 0.791. The van der Waals surface area contributed by atoms with Gasteiger partial charge in [-0.25, -0.2) is 9.78 Å². The van der Waals surface area contributed by atoms with Gasteiger partial charge in [-0.15, -0.1) is 0 Å². The van der Waals surface area contributed by atoms with Crippen molar-refractivity contribution in [2.45, 2.75) is 13.8 Å². The number of fused-ring (bicyclic) bond motifs is 1. The minimum absolute atomic E-state index is 0.266. The van der Waals surface area contributed by atoms with Crippen molar-refractivity contribution in [3.63, 3.8) is 0 Å². The van der Waals surface area contributed by atoms with E-state index in [-0.39, 0.29) is 5.56 Å².